The Hall–Kier alpha value is -3.82. The highest BCUT2D eigenvalue weighted by Gasteiger charge is 2.34. The topological polar surface area (TPSA) is 89.1 Å². The number of piperidine rings is 1. The largest absolute Gasteiger partial charge is 0.424 e. The number of hydrogen-bond acceptors (Lipinski definition) is 6. The van der Waals surface area contributed by atoms with Crippen molar-refractivity contribution in [2.45, 2.75) is 32.7 Å². The van der Waals surface area contributed by atoms with Crippen LogP contribution in [0.5, 0.6) is 0 Å². The molecular weight excluding hydrogens is 442 g/mol. The van der Waals surface area contributed by atoms with E-state index < -0.39 is 5.82 Å². The van der Waals surface area contributed by atoms with Gasteiger partial charge in [-0.05, 0) is 49.9 Å². The van der Waals surface area contributed by atoms with E-state index in [1.54, 1.807) is 6.92 Å². The van der Waals surface area contributed by atoms with E-state index in [4.69, 9.17) is 4.42 Å². The van der Waals surface area contributed by atoms with Gasteiger partial charge in [0, 0.05) is 24.7 Å². The summed E-state index contributed by atoms with van der Waals surface area (Å²) in [6.07, 6.45) is 4.80. The third kappa shape index (κ3) is 4.00. The van der Waals surface area contributed by atoms with Gasteiger partial charge in [-0.15, -0.1) is 0 Å². The first-order valence-electron chi connectivity index (χ1n) is 11.2. The molecule has 4 aromatic rings. The summed E-state index contributed by atoms with van der Waals surface area (Å²) < 4.78 is 33.5. The molecule has 1 amide bonds. The Balaban J connectivity index is 1.43. The third-order valence-electron chi connectivity index (χ3n) is 6.40. The van der Waals surface area contributed by atoms with Gasteiger partial charge < -0.3 is 14.6 Å². The Morgan fingerprint density at radius 2 is 2.00 bits per heavy atom. The summed E-state index contributed by atoms with van der Waals surface area (Å²) in [5, 5.41) is 11.4. The quantitative estimate of drug-likeness (QED) is 0.471. The van der Waals surface area contributed by atoms with E-state index in [0.717, 1.165) is 12.8 Å². The summed E-state index contributed by atoms with van der Waals surface area (Å²) in [5.74, 6) is -0.822. The van der Waals surface area contributed by atoms with Crippen molar-refractivity contribution < 1.29 is 18.0 Å². The summed E-state index contributed by atoms with van der Waals surface area (Å²) in [7, 11) is 0. The molecule has 2 aromatic heterocycles. The minimum Gasteiger partial charge on any atom is -0.424 e. The number of rotatable bonds is 5. The number of aromatic nitrogens is 4. The van der Waals surface area contributed by atoms with Crippen molar-refractivity contribution in [3.05, 3.63) is 65.5 Å². The zero-order chi connectivity index (χ0) is 23.8. The number of nitrogens with one attached hydrogen (secondary N) is 1. The summed E-state index contributed by atoms with van der Waals surface area (Å²) in [4.78, 5) is 21.1. The number of amides is 1. The van der Waals surface area contributed by atoms with Crippen LogP contribution in [0.4, 0.5) is 14.8 Å². The molecule has 1 aliphatic heterocycles. The molecule has 2 atom stereocenters. The molecule has 1 aliphatic rings. The molecule has 0 aliphatic carbocycles. The Kier molecular flexibility index (Phi) is 5.72. The highest BCUT2D eigenvalue weighted by Crippen LogP contribution is 2.29. The number of hydrogen-bond donors (Lipinski definition) is 1. The number of carbonyl (C=O) groups is 1. The first kappa shape index (κ1) is 22.0. The molecule has 1 fully saturated rings. The predicted octanol–water partition coefficient (Wildman–Crippen LogP) is 4.35. The van der Waals surface area contributed by atoms with Crippen LogP contribution in [0, 0.1) is 24.5 Å². The van der Waals surface area contributed by atoms with Crippen LogP contribution in [0.1, 0.15) is 35.7 Å². The van der Waals surface area contributed by atoms with E-state index in [-0.39, 0.29) is 29.7 Å². The van der Waals surface area contributed by atoms with E-state index in [9.17, 15) is 13.6 Å². The molecule has 1 saturated heterocycles. The Bertz CT molecular complexity index is 1340. The van der Waals surface area contributed by atoms with Crippen LogP contribution in [0.3, 0.4) is 0 Å². The van der Waals surface area contributed by atoms with Gasteiger partial charge in [-0.25, -0.2) is 8.78 Å². The molecule has 8 nitrogen and oxygen atoms in total. The normalized spacial score (nSPS) is 18.4. The van der Waals surface area contributed by atoms with E-state index in [0.29, 0.717) is 41.0 Å². The molecule has 2 aromatic carbocycles. The van der Waals surface area contributed by atoms with Gasteiger partial charge in [0.05, 0.1) is 24.0 Å². The lowest BCUT2D eigenvalue weighted by atomic mass is 9.89. The SMILES string of the molecule is Cc1c(F)ccc(C(=O)N2CCCC(C)C2CNc2nc3cc(F)ccc3o2)c1-n1nccn1. The summed E-state index contributed by atoms with van der Waals surface area (Å²) in [6.45, 7) is 4.67. The first-order valence-corrected chi connectivity index (χ1v) is 11.2. The number of likely N-dealkylation sites (tertiary alicyclic amines) is 1. The third-order valence-corrected chi connectivity index (χ3v) is 6.40. The molecule has 3 heterocycles. The van der Waals surface area contributed by atoms with Crippen molar-refractivity contribution in [1.82, 2.24) is 24.9 Å². The number of benzene rings is 2. The van der Waals surface area contributed by atoms with Crippen LogP contribution in [0.15, 0.2) is 47.1 Å². The van der Waals surface area contributed by atoms with E-state index in [2.05, 4.69) is 27.4 Å². The van der Waals surface area contributed by atoms with Gasteiger partial charge in [0.1, 0.15) is 22.8 Å². The van der Waals surface area contributed by atoms with Crippen molar-refractivity contribution in [3.8, 4) is 5.69 Å². The maximum absolute atomic E-state index is 14.4. The molecule has 5 rings (SSSR count). The molecule has 34 heavy (non-hydrogen) atoms. The number of fused-ring (bicyclic) bond motifs is 1. The zero-order valence-corrected chi connectivity index (χ0v) is 18.8. The van der Waals surface area contributed by atoms with Gasteiger partial charge in [-0.2, -0.15) is 20.0 Å². The predicted molar refractivity (Wildman–Crippen MR) is 122 cm³/mol. The van der Waals surface area contributed by atoms with Crippen LogP contribution < -0.4 is 5.32 Å². The zero-order valence-electron chi connectivity index (χ0n) is 18.8. The Labute approximate surface area is 194 Å². The van der Waals surface area contributed by atoms with Gasteiger partial charge in [0.2, 0.25) is 0 Å². The van der Waals surface area contributed by atoms with Gasteiger partial charge in [0.15, 0.2) is 5.58 Å². The fraction of sp³-hybridized carbons (Fsp3) is 0.333. The maximum Gasteiger partial charge on any atom is 0.295 e. The lowest BCUT2D eigenvalue weighted by Gasteiger charge is -2.40. The smallest absolute Gasteiger partial charge is 0.295 e. The molecule has 176 valence electrons. The average molecular weight is 466 g/mol. The molecule has 0 radical (unpaired) electrons. The van der Waals surface area contributed by atoms with Gasteiger partial charge in [-0.3, -0.25) is 4.79 Å². The van der Waals surface area contributed by atoms with Crippen LogP contribution in [-0.4, -0.2) is 49.9 Å². The second-order valence-corrected chi connectivity index (χ2v) is 8.58. The number of oxazole rings is 1. The van der Waals surface area contributed by atoms with Gasteiger partial charge in [0.25, 0.3) is 11.9 Å². The molecule has 0 bridgehead atoms. The minimum atomic E-state index is -0.429. The van der Waals surface area contributed by atoms with Crippen LogP contribution >= 0.6 is 0 Å². The van der Waals surface area contributed by atoms with Gasteiger partial charge >= 0.3 is 0 Å². The molecule has 1 N–H and O–H groups in total. The molecule has 2 unspecified atom stereocenters. The number of carbonyl (C=O) groups excluding carboxylic acids is 1. The van der Waals surface area contributed by atoms with Crippen molar-refractivity contribution in [1.29, 1.82) is 0 Å². The Morgan fingerprint density at radius 3 is 2.79 bits per heavy atom. The minimum absolute atomic E-state index is 0.156. The lowest BCUT2D eigenvalue weighted by molar-refractivity contribution is 0.0538. The average Bonchev–Trinajstić information content (AvgIpc) is 3.49. The van der Waals surface area contributed by atoms with Crippen molar-refractivity contribution >= 4 is 23.0 Å². The highest BCUT2D eigenvalue weighted by atomic mass is 19.1. The summed E-state index contributed by atoms with van der Waals surface area (Å²) >= 11 is 0. The second kappa shape index (κ2) is 8.85. The maximum atomic E-state index is 14.4. The van der Waals surface area contributed by atoms with Crippen LogP contribution in [-0.2, 0) is 0 Å². The van der Waals surface area contributed by atoms with Crippen LogP contribution in [0.2, 0.25) is 0 Å². The standard InChI is InChI=1S/C24H24F2N6O2/c1-14-4-3-11-31(20(14)13-27-24-30-19-12-16(25)5-8-21(19)34-24)23(33)17-6-7-18(26)15(2)22(17)32-28-9-10-29-32/h5-10,12,14,20H,3-4,11,13H2,1-2H3,(H,27,30). The number of halogens is 2. The van der Waals surface area contributed by atoms with Crippen molar-refractivity contribution in [2.75, 3.05) is 18.4 Å². The Morgan fingerprint density at radius 1 is 1.21 bits per heavy atom. The molecular formula is C24H24F2N6O2. The first-order chi connectivity index (χ1) is 16.4. The highest BCUT2D eigenvalue weighted by molar-refractivity contribution is 5.98. The van der Waals surface area contributed by atoms with E-state index in [1.165, 1.54) is 47.5 Å². The molecule has 0 saturated carbocycles. The van der Waals surface area contributed by atoms with E-state index >= 15 is 0 Å². The fourth-order valence-corrected chi connectivity index (χ4v) is 4.57. The van der Waals surface area contributed by atoms with Crippen LogP contribution in [0.25, 0.3) is 16.8 Å². The van der Waals surface area contributed by atoms with Gasteiger partial charge in [-0.1, -0.05) is 6.92 Å². The monoisotopic (exact) mass is 466 g/mol. The second-order valence-electron chi connectivity index (χ2n) is 8.58. The lowest BCUT2D eigenvalue weighted by Crippen LogP contribution is -2.51. The van der Waals surface area contributed by atoms with Crippen molar-refractivity contribution in [3.63, 3.8) is 0 Å². The fourth-order valence-electron chi connectivity index (χ4n) is 4.57. The molecule has 0 spiro atoms. The molecule has 10 heteroatoms. The summed E-state index contributed by atoms with van der Waals surface area (Å²) in [5.41, 5.74) is 1.88. The number of nitrogens with zero attached hydrogens (tertiary/aromatic N) is 5. The summed E-state index contributed by atoms with van der Waals surface area (Å²) in [6, 6.07) is 7.06. The van der Waals surface area contributed by atoms with E-state index in [1.807, 2.05) is 4.90 Å². The number of anilines is 1. The van der Waals surface area contributed by atoms with Crippen molar-refractivity contribution in [2.24, 2.45) is 5.92 Å².